The van der Waals surface area contributed by atoms with Gasteiger partial charge < -0.3 is 10.1 Å². The zero-order chi connectivity index (χ0) is 19.1. The summed E-state index contributed by atoms with van der Waals surface area (Å²) in [4.78, 5) is 8.90. The summed E-state index contributed by atoms with van der Waals surface area (Å²) in [6.45, 7) is 0.806. The summed E-state index contributed by atoms with van der Waals surface area (Å²) in [6.07, 6.45) is 1.70. The monoisotopic (exact) mass is 412 g/mol. The van der Waals surface area contributed by atoms with Crippen molar-refractivity contribution >= 4 is 53.9 Å². The zero-order valence-corrected chi connectivity index (χ0v) is 16.3. The number of nitrogens with one attached hydrogen (secondary N) is 2. The maximum atomic E-state index is 12.7. The number of benzene rings is 2. The van der Waals surface area contributed by atoms with Crippen LogP contribution in [-0.2, 0) is 14.8 Å². The van der Waals surface area contributed by atoms with Gasteiger partial charge in [-0.3, -0.25) is 4.98 Å². The molecule has 142 valence electrons. The van der Waals surface area contributed by atoms with Gasteiger partial charge in [0.05, 0.1) is 45.4 Å². The molecule has 0 unspecified atom stereocenters. The first-order valence-corrected chi connectivity index (χ1v) is 11.0. The Kier molecular flexibility index (Phi) is 4.24. The Morgan fingerprint density at radius 3 is 2.75 bits per heavy atom. The van der Waals surface area contributed by atoms with Crippen LogP contribution in [0.4, 0.5) is 11.4 Å². The van der Waals surface area contributed by atoms with Gasteiger partial charge in [-0.15, -0.1) is 11.3 Å². The van der Waals surface area contributed by atoms with E-state index in [0.717, 1.165) is 27.0 Å². The maximum absolute atomic E-state index is 12.7. The van der Waals surface area contributed by atoms with Crippen LogP contribution in [0.2, 0.25) is 0 Å². The molecule has 0 amide bonds. The van der Waals surface area contributed by atoms with Crippen LogP contribution < -0.4 is 10.0 Å². The van der Waals surface area contributed by atoms with Gasteiger partial charge in [-0.25, -0.2) is 18.1 Å². The van der Waals surface area contributed by atoms with Crippen molar-refractivity contribution in [2.24, 2.45) is 0 Å². The van der Waals surface area contributed by atoms with E-state index in [2.05, 4.69) is 20.0 Å². The Morgan fingerprint density at radius 1 is 1.04 bits per heavy atom. The van der Waals surface area contributed by atoms with Gasteiger partial charge in [0.15, 0.2) is 0 Å². The molecule has 2 N–H and O–H groups in total. The maximum Gasteiger partial charge on any atom is 0.241 e. The van der Waals surface area contributed by atoms with Crippen molar-refractivity contribution < 1.29 is 13.2 Å². The standard InChI is InChI=1S/C19H16N4O3S2/c24-28(25,23-13-9-26-10-13)14-2-3-16-15(8-14)17(5-6-20-16)22-12-1-4-19-18(7-12)21-11-27-19/h1-8,11,13,23H,9-10H2,(H,20,22). The van der Waals surface area contributed by atoms with Crippen LogP contribution >= 0.6 is 11.3 Å². The molecule has 5 rings (SSSR count). The van der Waals surface area contributed by atoms with E-state index in [1.807, 2.05) is 29.8 Å². The van der Waals surface area contributed by atoms with Crippen LogP contribution in [0.25, 0.3) is 21.1 Å². The molecule has 0 atom stereocenters. The SMILES string of the molecule is O=S(=O)(NC1COC1)c1ccc2nccc(Nc3ccc4scnc4c3)c2c1. The lowest BCUT2D eigenvalue weighted by Gasteiger charge is -2.26. The van der Waals surface area contributed by atoms with Gasteiger partial charge in [0.2, 0.25) is 10.0 Å². The van der Waals surface area contributed by atoms with Crippen molar-refractivity contribution in [2.45, 2.75) is 10.9 Å². The van der Waals surface area contributed by atoms with E-state index in [9.17, 15) is 8.42 Å². The van der Waals surface area contributed by atoms with Crippen LogP contribution in [-0.4, -0.2) is 37.6 Å². The van der Waals surface area contributed by atoms with Gasteiger partial charge in [-0.1, -0.05) is 0 Å². The minimum absolute atomic E-state index is 0.169. The van der Waals surface area contributed by atoms with Crippen LogP contribution in [0.1, 0.15) is 0 Å². The highest BCUT2D eigenvalue weighted by Gasteiger charge is 2.25. The number of rotatable bonds is 5. The molecule has 1 fully saturated rings. The number of ether oxygens (including phenoxy) is 1. The Labute approximate surface area is 165 Å². The fourth-order valence-electron chi connectivity index (χ4n) is 3.08. The molecule has 0 radical (unpaired) electrons. The van der Waals surface area contributed by atoms with Crippen molar-refractivity contribution in [3.05, 3.63) is 54.2 Å². The molecule has 0 aliphatic carbocycles. The third-order valence-corrected chi connectivity index (χ3v) is 6.92. The number of nitrogens with zero attached hydrogens (tertiary/aromatic N) is 2. The lowest BCUT2D eigenvalue weighted by atomic mass is 10.2. The Morgan fingerprint density at radius 2 is 1.93 bits per heavy atom. The van der Waals surface area contributed by atoms with Crippen LogP contribution in [0.5, 0.6) is 0 Å². The lowest BCUT2D eigenvalue weighted by Crippen LogP contribution is -2.48. The molecule has 0 spiro atoms. The molecule has 1 aliphatic rings. The van der Waals surface area contributed by atoms with E-state index < -0.39 is 10.0 Å². The van der Waals surface area contributed by atoms with Crippen molar-refractivity contribution in [1.29, 1.82) is 0 Å². The van der Waals surface area contributed by atoms with E-state index in [4.69, 9.17) is 4.74 Å². The van der Waals surface area contributed by atoms with E-state index >= 15 is 0 Å². The van der Waals surface area contributed by atoms with Crippen LogP contribution in [0.3, 0.4) is 0 Å². The van der Waals surface area contributed by atoms with Gasteiger partial charge in [0, 0.05) is 23.0 Å². The Balaban J connectivity index is 1.53. The topological polar surface area (TPSA) is 93.2 Å². The van der Waals surface area contributed by atoms with E-state index in [1.54, 1.807) is 35.7 Å². The quantitative estimate of drug-likeness (QED) is 0.523. The molecule has 2 aromatic heterocycles. The molecule has 2 aromatic carbocycles. The summed E-state index contributed by atoms with van der Waals surface area (Å²) < 4.78 is 34.1. The molecule has 28 heavy (non-hydrogen) atoms. The van der Waals surface area contributed by atoms with Gasteiger partial charge in [0.1, 0.15) is 0 Å². The van der Waals surface area contributed by atoms with E-state index in [0.29, 0.717) is 18.7 Å². The number of thiazole rings is 1. The summed E-state index contributed by atoms with van der Waals surface area (Å²) in [7, 11) is -3.62. The summed E-state index contributed by atoms with van der Waals surface area (Å²) in [5.41, 5.74) is 5.11. The fraction of sp³-hybridized carbons (Fsp3) is 0.158. The van der Waals surface area contributed by atoms with Gasteiger partial charge in [-0.05, 0) is 42.5 Å². The highest BCUT2D eigenvalue weighted by Crippen LogP contribution is 2.29. The highest BCUT2D eigenvalue weighted by molar-refractivity contribution is 7.89. The minimum Gasteiger partial charge on any atom is -0.378 e. The van der Waals surface area contributed by atoms with Gasteiger partial charge in [-0.2, -0.15) is 0 Å². The molecule has 3 heterocycles. The number of anilines is 2. The van der Waals surface area contributed by atoms with Crippen molar-refractivity contribution in [3.8, 4) is 0 Å². The Bertz CT molecular complexity index is 1280. The molecule has 4 aromatic rings. The third kappa shape index (κ3) is 3.22. The predicted octanol–water partition coefficient (Wildman–Crippen LogP) is 3.27. The molecule has 9 heteroatoms. The number of sulfonamides is 1. The van der Waals surface area contributed by atoms with Crippen molar-refractivity contribution in [2.75, 3.05) is 18.5 Å². The molecule has 1 saturated heterocycles. The fourth-order valence-corrected chi connectivity index (χ4v) is 4.97. The number of hydrogen-bond acceptors (Lipinski definition) is 7. The van der Waals surface area contributed by atoms with Crippen molar-refractivity contribution in [3.63, 3.8) is 0 Å². The first kappa shape index (κ1) is 17.5. The average Bonchev–Trinajstić information content (AvgIpc) is 3.13. The molecular weight excluding hydrogens is 396 g/mol. The van der Waals surface area contributed by atoms with E-state index in [1.165, 1.54) is 0 Å². The summed E-state index contributed by atoms with van der Waals surface area (Å²) in [5.74, 6) is 0. The predicted molar refractivity (Wildman–Crippen MR) is 110 cm³/mol. The highest BCUT2D eigenvalue weighted by atomic mass is 32.2. The molecule has 1 aliphatic heterocycles. The van der Waals surface area contributed by atoms with Crippen LogP contribution in [0, 0.1) is 0 Å². The third-order valence-electron chi connectivity index (χ3n) is 4.59. The second-order valence-corrected chi connectivity index (χ2v) is 9.15. The Hall–Kier alpha value is -2.59. The zero-order valence-electron chi connectivity index (χ0n) is 14.6. The second-order valence-electron chi connectivity index (χ2n) is 6.55. The molecule has 7 nitrogen and oxygen atoms in total. The largest absolute Gasteiger partial charge is 0.378 e. The first-order valence-electron chi connectivity index (χ1n) is 8.68. The normalized spacial score (nSPS) is 15.0. The number of fused-ring (bicyclic) bond motifs is 2. The molecule has 0 bridgehead atoms. The average molecular weight is 412 g/mol. The number of aromatic nitrogens is 2. The number of pyridine rings is 1. The first-order chi connectivity index (χ1) is 13.6. The molecular formula is C19H16N4O3S2. The lowest BCUT2D eigenvalue weighted by molar-refractivity contribution is 0.00482. The van der Waals surface area contributed by atoms with Gasteiger partial charge >= 0.3 is 0 Å². The smallest absolute Gasteiger partial charge is 0.241 e. The summed E-state index contributed by atoms with van der Waals surface area (Å²) in [6, 6.07) is 12.6. The minimum atomic E-state index is -3.62. The van der Waals surface area contributed by atoms with Crippen LogP contribution in [0.15, 0.2) is 59.1 Å². The second kappa shape index (κ2) is 6.78. The van der Waals surface area contributed by atoms with E-state index in [-0.39, 0.29) is 10.9 Å². The van der Waals surface area contributed by atoms with Crippen molar-refractivity contribution in [1.82, 2.24) is 14.7 Å². The van der Waals surface area contributed by atoms with Gasteiger partial charge in [0.25, 0.3) is 0 Å². The molecule has 0 saturated carbocycles. The number of hydrogen-bond donors (Lipinski definition) is 2. The summed E-state index contributed by atoms with van der Waals surface area (Å²) in [5, 5.41) is 4.09. The summed E-state index contributed by atoms with van der Waals surface area (Å²) >= 11 is 1.59.